The summed E-state index contributed by atoms with van der Waals surface area (Å²) < 4.78 is 0. The largest absolute Gasteiger partial charge is 0.350 e. The molecule has 1 aliphatic heterocycles. The van der Waals surface area contributed by atoms with Gasteiger partial charge in [0.1, 0.15) is 6.04 Å². The second-order valence-electron chi connectivity index (χ2n) is 7.70. The van der Waals surface area contributed by atoms with E-state index in [9.17, 15) is 14.4 Å². The molecule has 27 heavy (non-hydrogen) atoms. The summed E-state index contributed by atoms with van der Waals surface area (Å²) in [6, 6.07) is 5.21. The van der Waals surface area contributed by atoms with Gasteiger partial charge in [-0.05, 0) is 43.4 Å². The number of nitrogens with one attached hydrogen (secondary N) is 3. The first-order chi connectivity index (χ1) is 13.1. The molecular weight excluding hydrogens is 344 g/mol. The molecule has 2 heterocycles. The number of fused-ring (bicyclic) bond motifs is 1. The molecule has 144 valence electrons. The van der Waals surface area contributed by atoms with Crippen molar-refractivity contribution in [3.8, 4) is 0 Å². The van der Waals surface area contributed by atoms with Gasteiger partial charge in [-0.1, -0.05) is 25.3 Å². The summed E-state index contributed by atoms with van der Waals surface area (Å²) >= 11 is 0. The normalized spacial score (nSPS) is 20.9. The van der Waals surface area contributed by atoms with Crippen LogP contribution in [0.4, 0.5) is 0 Å². The number of hydrogen-bond acceptors (Lipinski definition) is 3. The lowest BCUT2D eigenvalue weighted by atomic mass is 9.88. The van der Waals surface area contributed by atoms with Crippen molar-refractivity contribution in [1.29, 1.82) is 0 Å². The molecular formula is C20H26N4O3. The summed E-state index contributed by atoms with van der Waals surface area (Å²) in [6.45, 7) is 1.06. The number of nitrogens with zero attached hydrogens (tertiary/aromatic N) is 1. The Labute approximate surface area is 157 Å². The average Bonchev–Trinajstić information content (AvgIpc) is 3.31. The Morgan fingerprint density at radius 2 is 1.81 bits per heavy atom. The molecule has 2 aromatic rings. The lowest BCUT2D eigenvalue weighted by Gasteiger charge is -2.30. The van der Waals surface area contributed by atoms with E-state index in [0.29, 0.717) is 13.1 Å². The number of hydrogen-bond donors (Lipinski definition) is 3. The van der Waals surface area contributed by atoms with E-state index in [0.717, 1.165) is 55.1 Å². The molecule has 4 rings (SSSR count). The topological polar surface area (TPSA) is 98.1 Å². The minimum atomic E-state index is -0.352. The third kappa shape index (κ3) is 3.77. The minimum absolute atomic E-state index is 0.0840. The first-order valence-electron chi connectivity index (χ1n) is 9.91. The first-order valence-corrected chi connectivity index (χ1v) is 9.91. The zero-order valence-corrected chi connectivity index (χ0v) is 15.4. The van der Waals surface area contributed by atoms with Gasteiger partial charge < -0.3 is 20.2 Å². The van der Waals surface area contributed by atoms with Crippen molar-refractivity contribution in [3.63, 3.8) is 0 Å². The number of carbonyl (C=O) groups excluding carboxylic acids is 2. The van der Waals surface area contributed by atoms with Crippen LogP contribution in [-0.2, 0) is 16.1 Å². The molecule has 1 atom stereocenters. The first kappa shape index (κ1) is 17.8. The van der Waals surface area contributed by atoms with Gasteiger partial charge in [0.05, 0.1) is 11.0 Å². The summed E-state index contributed by atoms with van der Waals surface area (Å²) in [7, 11) is 0. The van der Waals surface area contributed by atoms with E-state index in [4.69, 9.17) is 0 Å². The van der Waals surface area contributed by atoms with Crippen molar-refractivity contribution in [1.82, 2.24) is 20.2 Å². The number of amides is 2. The third-order valence-electron chi connectivity index (χ3n) is 5.84. The van der Waals surface area contributed by atoms with Crippen LogP contribution in [0.25, 0.3) is 11.0 Å². The number of likely N-dealkylation sites (tertiary alicyclic amines) is 1. The number of aromatic amines is 2. The van der Waals surface area contributed by atoms with Crippen molar-refractivity contribution in [2.24, 2.45) is 5.92 Å². The van der Waals surface area contributed by atoms with Gasteiger partial charge in [0, 0.05) is 19.0 Å². The van der Waals surface area contributed by atoms with Crippen molar-refractivity contribution >= 4 is 22.8 Å². The lowest BCUT2D eigenvalue weighted by Crippen LogP contribution is -2.47. The molecule has 2 aliphatic rings. The van der Waals surface area contributed by atoms with Gasteiger partial charge in [-0.3, -0.25) is 9.59 Å². The quantitative estimate of drug-likeness (QED) is 0.768. The molecule has 1 aliphatic carbocycles. The Hall–Kier alpha value is -2.57. The van der Waals surface area contributed by atoms with Gasteiger partial charge in [0.25, 0.3) is 0 Å². The molecule has 0 unspecified atom stereocenters. The molecule has 1 aromatic carbocycles. The number of carbonyl (C=O) groups is 2. The van der Waals surface area contributed by atoms with E-state index in [-0.39, 0.29) is 29.5 Å². The number of H-pyrrole nitrogens is 2. The molecule has 1 saturated heterocycles. The van der Waals surface area contributed by atoms with Gasteiger partial charge in [-0.25, -0.2) is 4.79 Å². The molecule has 0 bridgehead atoms. The minimum Gasteiger partial charge on any atom is -0.350 e. The zero-order chi connectivity index (χ0) is 18.8. The summed E-state index contributed by atoms with van der Waals surface area (Å²) in [5, 5.41) is 2.97. The summed E-state index contributed by atoms with van der Waals surface area (Å²) in [5.41, 5.74) is 2.14. The van der Waals surface area contributed by atoms with E-state index in [1.165, 1.54) is 6.42 Å². The molecule has 1 saturated carbocycles. The highest BCUT2D eigenvalue weighted by Gasteiger charge is 2.37. The fourth-order valence-electron chi connectivity index (χ4n) is 4.38. The monoisotopic (exact) mass is 370 g/mol. The predicted octanol–water partition coefficient (Wildman–Crippen LogP) is 2.04. The Balaban J connectivity index is 1.38. The highest BCUT2D eigenvalue weighted by atomic mass is 16.2. The maximum atomic E-state index is 12.8. The molecule has 7 nitrogen and oxygen atoms in total. The van der Waals surface area contributed by atoms with E-state index in [1.807, 2.05) is 18.2 Å². The van der Waals surface area contributed by atoms with Crippen LogP contribution < -0.4 is 11.0 Å². The second-order valence-corrected chi connectivity index (χ2v) is 7.70. The lowest BCUT2D eigenvalue weighted by molar-refractivity contribution is -0.142. The Morgan fingerprint density at radius 3 is 2.63 bits per heavy atom. The van der Waals surface area contributed by atoms with Gasteiger partial charge >= 0.3 is 5.69 Å². The van der Waals surface area contributed by atoms with Gasteiger partial charge in [-0.15, -0.1) is 0 Å². The van der Waals surface area contributed by atoms with Crippen LogP contribution in [0.5, 0.6) is 0 Å². The number of aromatic nitrogens is 2. The van der Waals surface area contributed by atoms with Crippen LogP contribution in [0.1, 0.15) is 50.5 Å². The summed E-state index contributed by atoms with van der Waals surface area (Å²) in [6.07, 6.45) is 6.97. The van der Waals surface area contributed by atoms with Crippen LogP contribution in [-0.4, -0.2) is 39.3 Å². The molecule has 2 fully saturated rings. The molecule has 0 radical (unpaired) electrons. The SMILES string of the molecule is O=C(NCc1ccc2[nH]c(=O)[nH]c2c1)[C@@H]1CCCN1C(=O)C1CCCCC1. The van der Waals surface area contributed by atoms with Crippen molar-refractivity contribution < 1.29 is 9.59 Å². The fraction of sp³-hybridized carbons (Fsp3) is 0.550. The van der Waals surface area contributed by atoms with Gasteiger partial charge in [0.15, 0.2) is 0 Å². The van der Waals surface area contributed by atoms with Gasteiger partial charge in [0.2, 0.25) is 11.8 Å². The molecule has 0 spiro atoms. The maximum absolute atomic E-state index is 12.8. The predicted molar refractivity (Wildman–Crippen MR) is 102 cm³/mol. The number of imidazole rings is 1. The highest BCUT2D eigenvalue weighted by Crippen LogP contribution is 2.28. The zero-order valence-electron chi connectivity index (χ0n) is 15.4. The second kappa shape index (κ2) is 7.58. The third-order valence-corrected chi connectivity index (χ3v) is 5.84. The smallest absolute Gasteiger partial charge is 0.323 e. The van der Waals surface area contributed by atoms with Crippen LogP contribution >= 0.6 is 0 Å². The van der Waals surface area contributed by atoms with Crippen molar-refractivity contribution in [2.75, 3.05) is 6.54 Å². The van der Waals surface area contributed by atoms with Crippen LogP contribution in [0, 0.1) is 5.92 Å². The summed E-state index contributed by atoms with van der Waals surface area (Å²) in [4.78, 5) is 44.1. The van der Waals surface area contributed by atoms with Crippen molar-refractivity contribution in [3.05, 3.63) is 34.2 Å². The van der Waals surface area contributed by atoms with E-state index >= 15 is 0 Å². The van der Waals surface area contributed by atoms with Crippen LogP contribution in [0.3, 0.4) is 0 Å². The molecule has 7 heteroatoms. The Bertz CT molecular complexity index is 894. The average molecular weight is 370 g/mol. The standard InChI is InChI=1S/C20H26N4O3/c25-18(21-12-13-8-9-15-16(11-13)23-20(27)22-15)17-7-4-10-24(17)19(26)14-5-2-1-3-6-14/h8-9,11,14,17H,1-7,10,12H2,(H,21,25)(H2,22,23,27)/t17-/m0/s1. The Morgan fingerprint density at radius 1 is 1.04 bits per heavy atom. The maximum Gasteiger partial charge on any atom is 0.323 e. The summed E-state index contributed by atoms with van der Waals surface area (Å²) in [5.74, 6) is 0.179. The molecule has 1 aromatic heterocycles. The number of benzene rings is 1. The van der Waals surface area contributed by atoms with Crippen LogP contribution in [0.2, 0.25) is 0 Å². The van der Waals surface area contributed by atoms with E-state index < -0.39 is 0 Å². The Kier molecular flexibility index (Phi) is 5.01. The van der Waals surface area contributed by atoms with Crippen molar-refractivity contribution in [2.45, 2.75) is 57.5 Å². The van der Waals surface area contributed by atoms with Crippen LogP contribution in [0.15, 0.2) is 23.0 Å². The fourth-order valence-corrected chi connectivity index (χ4v) is 4.38. The van der Waals surface area contributed by atoms with E-state index in [2.05, 4.69) is 15.3 Å². The highest BCUT2D eigenvalue weighted by molar-refractivity contribution is 5.89. The van der Waals surface area contributed by atoms with Gasteiger partial charge in [-0.2, -0.15) is 0 Å². The number of rotatable bonds is 4. The molecule has 3 N–H and O–H groups in total. The van der Waals surface area contributed by atoms with E-state index in [1.54, 1.807) is 4.90 Å². The molecule has 2 amide bonds.